The molecular formula is C36H60N4O13. The van der Waals surface area contributed by atoms with E-state index in [0.29, 0.717) is 23.0 Å². The van der Waals surface area contributed by atoms with Crippen molar-refractivity contribution in [1.82, 2.24) is 20.8 Å². The van der Waals surface area contributed by atoms with Gasteiger partial charge in [0.1, 0.15) is 12.1 Å². The van der Waals surface area contributed by atoms with Crippen molar-refractivity contribution in [3.05, 3.63) is 24.3 Å². The lowest BCUT2D eigenvalue weighted by Gasteiger charge is -2.24. The Morgan fingerprint density at radius 3 is 1.34 bits per heavy atom. The fourth-order valence-corrected chi connectivity index (χ4v) is 5.11. The lowest BCUT2D eigenvalue weighted by Crippen LogP contribution is -2.51. The molecule has 0 heterocycles. The Labute approximate surface area is 311 Å². The van der Waals surface area contributed by atoms with Crippen LogP contribution in [-0.2, 0) is 33.6 Å². The van der Waals surface area contributed by atoms with Crippen LogP contribution in [0.5, 0.6) is 0 Å². The van der Waals surface area contributed by atoms with E-state index in [2.05, 4.69) is 17.6 Å². The zero-order valence-corrected chi connectivity index (χ0v) is 31.0. The molecule has 3 atom stereocenters. The van der Waals surface area contributed by atoms with E-state index in [1.807, 2.05) is 6.92 Å². The zero-order chi connectivity index (χ0) is 40.2. The number of nitrogens with one attached hydrogen (secondary N) is 2. The average Bonchev–Trinajstić information content (AvgIpc) is 3.09. The summed E-state index contributed by atoms with van der Waals surface area (Å²) in [5.41, 5.74) is -3.01. The van der Waals surface area contributed by atoms with Crippen molar-refractivity contribution in [3.63, 3.8) is 0 Å². The Hall–Kier alpha value is -4.35. The van der Waals surface area contributed by atoms with Crippen LogP contribution >= 0.6 is 0 Å². The second kappa shape index (κ2) is 28.2. The van der Waals surface area contributed by atoms with Crippen LogP contribution in [0, 0.1) is 0 Å². The maximum absolute atomic E-state index is 12.6. The molecule has 0 aromatic rings. The molecule has 17 nitrogen and oxygen atoms in total. The van der Waals surface area contributed by atoms with E-state index in [1.54, 1.807) is 12.2 Å². The quantitative estimate of drug-likeness (QED) is 0.0218. The van der Waals surface area contributed by atoms with Crippen LogP contribution in [0.25, 0.3) is 0 Å². The fraction of sp³-hybridized carbons (Fsp3) is 0.694. The molecule has 17 heteroatoms. The van der Waals surface area contributed by atoms with Crippen molar-refractivity contribution in [2.24, 2.45) is 0 Å². The van der Waals surface area contributed by atoms with Gasteiger partial charge < -0.3 is 31.1 Å². The largest absolute Gasteiger partial charge is 0.480 e. The number of aliphatic carboxylic acids is 3. The molecule has 0 saturated carbocycles. The summed E-state index contributed by atoms with van der Waals surface area (Å²) < 4.78 is 0. The summed E-state index contributed by atoms with van der Waals surface area (Å²) in [7, 11) is 0. The molecule has 0 aliphatic rings. The first-order chi connectivity index (χ1) is 25.1. The Kier molecular flexibility index (Phi) is 25.9. The van der Waals surface area contributed by atoms with Gasteiger partial charge >= 0.3 is 17.9 Å². The molecule has 0 rings (SSSR count). The molecule has 0 saturated heterocycles. The zero-order valence-electron chi connectivity index (χ0n) is 31.0. The topological polar surface area (TPSA) is 271 Å². The number of rotatable bonds is 31. The van der Waals surface area contributed by atoms with E-state index >= 15 is 0 Å². The highest BCUT2D eigenvalue weighted by Gasteiger charge is 2.42. The summed E-state index contributed by atoms with van der Waals surface area (Å²) in [4.78, 5) is 84.6. The first kappa shape index (κ1) is 48.6. The summed E-state index contributed by atoms with van der Waals surface area (Å²) >= 11 is 0. The number of carboxylic acids is 3. The second-order valence-electron chi connectivity index (χ2n) is 13.0. The van der Waals surface area contributed by atoms with Crippen molar-refractivity contribution in [1.29, 1.82) is 0 Å². The molecule has 0 radical (unpaired) electrons. The molecular weight excluding hydrogens is 696 g/mol. The predicted octanol–water partition coefficient (Wildman–Crippen LogP) is 3.55. The van der Waals surface area contributed by atoms with Crippen LogP contribution in [0.2, 0.25) is 0 Å². The number of nitrogens with zero attached hydrogens (tertiary/aromatic N) is 2. The van der Waals surface area contributed by atoms with Gasteiger partial charge in [0.2, 0.25) is 11.8 Å². The molecule has 0 aliphatic carbocycles. The second-order valence-corrected chi connectivity index (χ2v) is 13.0. The van der Waals surface area contributed by atoms with Crippen molar-refractivity contribution in [3.8, 4) is 0 Å². The van der Waals surface area contributed by atoms with E-state index in [9.17, 15) is 64.4 Å². The van der Waals surface area contributed by atoms with Crippen molar-refractivity contribution >= 4 is 41.5 Å². The van der Waals surface area contributed by atoms with E-state index in [1.165, 1.54) is 12.2 Å². The van der Waals surface area contributed by atoms with Crippen LogP contribution in [0.3, 0.4) is 0 Å². The third-order valence-corrected chi connectivity index (χ3v) is 8.27. The number of unbranched alkanes of at least 4 members (excludes halogenated alkanes) is 10. The number of aliphatic hydroxyl groups is 1. The summed E-state index contributed by atoms with van der Waals surface area (Å²) in [5.74, 6) is -8.59. The van der Waals surface area contributed by atoms with E-state index < -0.39 is 72.1 Å². The van der Waals surface area contributed by atoms with E-state index in [-0.39, 0.29) is 51.6 Å². The van der Waals surface area contributed by atoms with Gasteiger partial charge in [-0.05, 0) is 64.2 Å². The van der Waals surface area contributed by atoms with Gasteiger partial charge in [-0.15, -0.1) is 0 Å². The average molecular weight is 757 g/mol. The maximum Gasteiger partial charge on any atom is 0.336 e. The third kappa shape index (κ3) is 23.0. The first-order valence-electron chi connectivity index (χ1n) is 18.4. The number of allylic oxidation sites excluding steroid dienone is 2. The summed E-state index contributed by atoms with van der Waals surface area (Å²) in [5, 5.41) is 64.4. The van der Waals surface area contributed by atoms with E-state index in [4.69, 9.17) is 0 Å². The van der Waals surface area contributed by atoms with Crippen LogP contribution in [0.4, 0.5) is 0 Å². The smallest absolute Gasteiger partial charge is 0.336 e. The van der Waals surface area contributed by atoms with Gasteiger partial charge in [0.05, 0.1) is 12.8 Å². The fourth-order valence-electron chi connectivity index (χ4n) is 5.11. The lowest BCUT2D eigenvalue weighted by atomic mass is 9.94. The van der Waals surface area contributed by atoms with Crippen LogP contribution in [-0.4, -0.2) is 113 Å². The maximum atomic E-state index is 12.6. The molecule has 8 N–H and O–H groups in total. The highest BCUT2D eigenvalue weighted by Crippen LogP contribution is 2.18. The Bertz CT molecular complexity index is 1230. The minimum absolute atomic E-state index is 0.110. The molecule has 1 unspecified atom stereocenters. The van der Waals surface area contributed by atoms with Gasteiger partial charge in [-0.2, -0.15) is 0 Å². The highest BCUT2D eigenvalue weighted by atomic mass is 16.5. The molecule has 0 aliphatic heterocycles. The molecule has 0 spiro atoms. The number of hydrogen-bond acceptors (Lipinski definition) is 10. The molecule has 53 heavy (non-hydrogen) atoms. The number of amides is 4. The number of carboxylic acid groups (broad SMARTS) is 3. The Balaban J connectivity index is 4.89. The van der Waals surface area contributed by atoms with Crippen molar-refractivity contribution in [2.75, 3.05) is 13.1 Å². The van der Waals surface area contributed by atoms with Gasteiger partial charge in [-0.1, -0.05) is 64.5 Å². The molecule has 0 bridgehead atoms. The molecule has 302 valence electrons. The van der Waals surface area contributed by atoms with Gasteiger partial charge in [-0.3, -0.25) is 29.6 Å². The third-order valence-electron chi connectivity index (χ3n) is 8.27. The van der Waals surface area contributed by atoms with Gasteiger partial charge in [-0.25, -0.2) is 24.5 Å². The van der Waals surface area contributed by atoms with Crippen LogP contribution < -0.4 is 10.6 Å². The number of hydrogen-bond donors (Lipinski definition) is 8. The van der Waals surface area contributed by atoms with Crippen LogP contribution in [0.15, 0.2) is 24.3 Å². The summed E-state index contributed by atoms with van der Waals surface area (Å²) in [6.45, 7) is 3.94. The van der Waals surface area contributed by atoms with Gasteiger partial charge in [0, 0.05) is 25.2 Å². The SMILES string of the molecule is CCCCC/C=C/C(=O)N(O)CCCC[C@H](NC(=O)CC(O)(CC(=O)N[C@@H](CCCCN(O)C(=O)/C=C/CCCCCCC)C(=O)O)C(=O)O)C(=O)O. The Morgan fingerprint density at radius 1 is 0.585 bits per heavy atom. The van der Waals surface area contributed by atoms with Crippen molar-refractivity contribution < 1.29 is 64.4 Å². The standard InChI is InChI=1S/C36H60N4O13/c1-3-5-7-9-10-12-14-22-32(44)40(53)24-18-16-20-28(34(47)48)38-30(42)26-36(51,35(49)50)25-29(41)37-27(33(45)46)19-15-17-23-39(52)31(43)21-13-11-8-6-4-2/h13-14,21-22,27-28,51-53H,3-12,15-20,23-26H2,1-2H3,(H,37,41)(H,38,42)(H,45,46)(H,47,48)(H,49,50)/b21-13+,22-14+/t27-,28-,36?/m0/s1. The minimum atomic E-state index is -3.01. The normalized spacial score (nSPS) is 13.6. The molecule has 0 aromatic heterocycles. The molecule has 4 amide bonds. The molecule has 0 fully saturated rings. The van der Waals surface area contributed by atoms with Crippen LogP contribution in [0.1, 0.15) is 129 Å². The van der Waals surface area contributed by atoms with Gasteiger partial charge in [0.25, 0.3) is 11.8 Å². The predicted molar refractivity (Wildman–Crippen MR) is 191 cm³/mol. The number of carbonyl (C=O) groups is 7. The summed E-state index contributed by atoms with van der Waals surface area (Å²) in [6.07, 6.45) is 13.3. The first-order valence-corrected chi connectivity index (χ1v) is 18.4. The summed E-state index contributed by atoms with van der Waals surface area (Å²) in [6, 6.07) is -3.04. The van der Waals surface area contributed by atoms with Crippen molar-refractivity contribution in [2.45, 2.75) is 147 Å². The van der Waals surface area contributed by atoms with E-state index in [0.717, 1.165) is 51.4 Å². The van der Waals surface area contributed by atoms with Gasteiger partial charge in [0.15, 0.2) is 5.60 Å². The number of carbonyl (C=O) groups excluding carboxylic acids is 4. The highest BCUT2D eigenvalue weighted by molar-refractivity contribution is 5.94. The monoisotopic (exact) mass is 756 g/mol. The Morgan fingerprint density at radius 2 is 0.962 bits per heavy atom. The lowest BCUT2D eigenvalue weighted by molar-refractivity contribution is -0.165. The minimum Gasteiger partial charge on any atom is -0.480 e. The number of hydroxylamine groups is 4. The molecule has 0 aromatic carbocycles.